The number of nitrogens with one attached hydrogen (secondary N) is 1. The van der Waals surface area contributed by atoms with E-state index in [0.717, 1.165) is 10.9 Å². The molecule has 4 nitrogen and oxygen atoms in total. The molecule has 22 heavy (non-hydrogen) atoms. The molecule has 2 aromatic carbocycles. The van der Waals surface area contributed by atoms with E-state index in [4.69, 9.17) is 0 Å². The van der Waals surface area contributed by atoms with Crippen molar-refractivity contribution in [3.63, 3.8) is 0 Å². The zero-order valence-electron chi connectivity index (χ0n) is 11.4. The van der Waals surface area contributed by atoms with E-state index in [-0.39, 0.29) is 21.1 Å². The van der Waals surface area contributed by atoms with Gasteiger partial charge in [0, 0.05) is 11.8 Å². The van der Waals surface area contributed by atoms with E-state index in [1.54, 1.807) is 36.6 Å². The average Bonchev–Trinajstić information content (AvgIpc) is 2.99. The molecule has 1 heterocycles. The molecular formula is C17H11NO3W. The van der Waals surface area contributed by atoms with Crippen molar-refractivity contribution in [1.82, 2.24) is 4.98 Å². The van der Waals surface area contributed by atoms with Crippen molar-refractivity contribution in [3.05, 3.63) is 71.9 Å². The number of hydrogen-bond donors (Lipinski definition) is 1. The molecule has 0 fully saturated rings. The SMILES string of the molecule is O=[C-]C(=O)c1c[nH]c2ccccc12.O=[C-]c1ccccc1.[W+2]. The summed E-state index contributed by atoms with van der Waals surface area (Å²) in [6, 6.07) is 16.2. The Morgan fingerprint density at radius 1 is 0.909 bits per heavy atom. The maximum Gasteiger partial charge on any atom is 2.00 e. The van der Waals surface area contributed by atoms with Gasteiger partial charge in [-0.3, -0.25) is 0 Å². The largest absolute Gasteiger partial charge is 2.00 e. The van der Waals surface area contributed by atoms with Crippen molar-refractivity contribution in [1.29, 1.82) is 0 Å². The fourth-order valence-electron chi connectivity index (χ4n) is 1.82. The number of carbonyl (C=O) groups excluding carboxylic acids is 3. The van der Waals surface area contributed by atoms with Crippen molar-refractivity contribution in [2.24, 2.45) is 0 Å². The van der Waals surface area contributed by atoms with Gasteiger partial charge in [-0.15, -0.1) is 17.7 Å². The first-order valence-electron chi connectivity index (χ1n) is 6.18. The van der Waals surface area contributed by atoms with Crippen LogP contribution in [0.5, 0.6) is 0 Å². The number of ketones is 1. The van der Waals surface area contributed by atoms with Gasteiger partial charge in [0.05, 0.1) is 12.1 Å². The molecule has 0 radical (unpaired) electrons. The summed E-state index contributed by atoms with van der Waals surface area (Å²) < 4.78 is 0. The topological polar surface area (TPSA) is 67.0 Å². The first-order chi connectivity index (χ1) is 10.3. The second-order valence-corrected chi connectivity index (χ2v) is 4.15. The zero-order chi connectivity index (χ0) is 15.1. The summed E-state index contributed by atoms with van der Waals surface area (Å²) in [7, 11) is 0. The van der Waals surface area contributed by atoms with Crippen molar-refractivity contribution in [2.45, 2.75) is 0 Å². The molecule has 5 heteroatoms. The Labute approximate surface area is 141 Å². The first kappa shape index (κ1) is 17.7. The number of para-hydroxylation sites is 1. The van der Waals surface area contributed by atoms with E-state index in [1.807, 2.05) is 24.3 Å². The number of aromatic nitrogens is 1. The Hall–Kier alpha value is -2.32. The summed E-state index contributed by atoms with van der Waals surface area (Å²) in [5.74, 6) is -0.613. The maximum absolute atomic E-state index is 11.0. The second-order valence-electron chi connectivity index (χ2n) is 4.15. The monoisotopic (exact) mass is 461 g/mol. The molecule has 0 aliphatic heterocycles. The van der Waals surface area contributed by atoms with Crippen LogP contribution in [0.3, 0.4) is 0 Å². The summed E-state index contributed by atoms with van der Waals surface area (Å²) in [5, 5.41) is 0.760. The van der Waals surface area contributed by atoms with E-state index in [9.17, 15) is 14.4 Å². The van der Waals surface area contributed by atoms with Gasteiger partial charge in [-0.1, -0.05) is 35.8 Å². The molecule has 1 aromatic heterocycles. The summed E-state index contributed by atoms with van der Waals surface area (Å²) in [6.45, 7) is 0. The van der Waals surface area contributed by atoms with E-state index in [1.165, 1.54) is 12.5 Å². The summed E-state index contributed by atoms with van der Waals surface area (Å²) in [6.07, 6.45) is 4.65. The summed E-state index contributed by atoms with van der Waals surface area (Å²) >= 11 is 0. The third-order valence-corrected chi connectivity index (χ3v) is 2.82. The van der Waals surface area contributed by atoms with Crippen molar-refractivity contribution in [2.75, 3.05) is 0 Å². The van der Waals surface area contributed by atoms with E-state index < -0.39 is 5.78 Å². The van der Waals surface area contributed by atoms with Crippen LogP contribution in [0.25, 0.3) is 10.9 Å². The number of H-pyrrole nitrogens is 1. The second kappa shape index (κ2) is 8.85. The van der Waals surface area contributed by atoms with E-state index in [0.29, 0.717) is 11.1 Å². The van der Waals surface area contributed by atoms with Crippen LogP contribution in [0, 0.1) is 0 Å². The minimum atomic E-state index is -0.613. The smallest absolute Gasteiger partial charge is 0.415 e. The van der Waals surface area contributed by atoms with Crippen LogP contribution in [0.2, 0.25) is 0 Å². The Balaban J connectivity index is 0.000000234. The van der Waals surface area contributed by atoms with Crippen LogP contribution < -0.4 is 0 Å². The maximum atomic E-state index is 11.0. The van der Waals surface area contributed by atoms with Gasteiger partial charge in [-0.2, -0.15) is 17.7 Å². The van der Waals surface area contributed by atoms with Gasteiger partial charge in [-0.25, -0.2) is 0 Å². The minimum Gasteiger partial charge on any atom is -0.415 e. The molecule has 0 saturated heterocycles. The van der Waals surface area contributed by atoms with Crippen molar-refractivity contribution < 1.29 is 35.4 Å². The molecule has 0 atom stereocenters. The normalized spacial score (nSPS) is 9.09. The van der Waals surface area contributed by atoms with Crippen LogP contribution in [-0.4, -0.2) is 23.3 Å². The molecular weight excluding hydrogens is 450 g/mol. The molecule has 0 unspecified atom stereocenters. The third kappa shape index (κ3) is 4.34. The van der Waals surface area contributed by atoms with Crippen LogP contribution in [0.4, 0.5) is 0 Å². The van der Waals surface area contributed by atoms with Gasteiger partial charge >= 0.3 is 21.1 Å². The number of fused-ring (bicyclic) bond motifs is 1. The van der Waals surface area contributed by atoms with Crippen LogP contribution >= 0.6 is 0 Å². The van der Waals surface area contributed by atoms with Gasteiger partial charge in [0.1, 0.15) is 0 Å². The van der Waals surface area contributed by atoms with Crippen LogP contribution in [0.1, 0.15) is 15.9 Å². The first-order valence-corrected chi connectivity index (χ1v) is 6.18. The predicted octanol–water partition coefficient (Wildman–Crippen LogP) is 2.60. The molecule has 0 spiro atoms. The fraction of sp³-hybridized carbons (Fsp3) is 0. The molecule has 3 rings (SSSR count). The number of carbonyl (C=O) groups is 1. The third-order valence-electron chi connectivity index (χ3n) is 2.82. The van der Waals surface area contributed by atoms with E-state index >= 15 is 0 Å². The Morgan fingerprint density at radius 3 is 2.14 bits per heavy atom. The number of hydrogen-bond acceptors (Lipinski definition) is 3. The average molecular weight is 461 g/mol. The summed E-state index contributed by atoms with van der Waals surface area (Å²) in [5.41, 5.74) is 1.83. The number of Topliss-reactive ketones (excluding diaryl/α,β-unsaturated/α-hetero) is 1. The molecule has 0 aliphatic carbocycles. The predicted molar refractivity (Wildman–Crippen MR) is 79.6 cm³/mol. The molecule has 0 saturated carbocycles. The Morgan fingerprint density at radius 2 is 1.55 bits per heavy atom. The molecule has 3 aromatic rings. The number of rotatable bonds is 3. The quantitative estimate of drug-likeness (QED) is 0.371. The van der Waals surface area contributed by atoms with Gasteiger partial charge in [-0.05, 0) is 6.07 Å². The molecule has 1 N–H and O–H groups in total. The standard InChI is InChI=1S/C10H6NO2.C7H5O.W/c12-6-10(13)8-5-11-9-4-2-1-3-7(8)9;8-6-7-4-2-1-3-5-7;/h1-5,11H;1-5H;/q2*-1;+2. The van der Waals surface area contributed by atoms with Crippen molar-refractivity contribution >= 4 is 29.3 Å². The van der Waals surface area contributed by atoms with Crippen molar-refractivity contribution in [3.8, 4) is 0 Å². The number of aromatic amines is 1. The Bertz CT molecular complexity index is 766. The molecule has 0 bridgehead atoms. The zero-order valence-corrected chi connectivity index (χ0v) is 14.3. The van der Waals surface area contributed by atoms with Gasteiger partial charge < -0.3 is 19.4 Å². The molecule has 0 amide bonds. The Kier molecular flexibility index (Phi) is 7.13. The van der Waals surface area contributed by atoms with Gasteiger partial charge in [0.2, 0.25) is 0 Å². The molecule has 108 valence electrons. The van der Waals surface area contributed by atoms with Crippen LogP contribution in [0.15, 0.2) is 60.8 Å². The van der Waals surface area contributed by atoms with Crippen LogP contribution in [-0.2, 0) is 30.7 Å². The molecule has 0 aliphatic rings. The summed E-state index contributed by atoms with van der Waals surface area (Å²) in [4.78, 5) is 34.0. The number of benzene rings is 2. The van der Waals surface area contributed by atoms with E-state index in [2.05, 4.69) is 4.98 Å². The fourth-order valence-corrected chi connectivity index (χ4v) is 1.82. The van der Waals surface area contributed by atoms with Gasteiger partial charge in [0.25, 0.3) is 0 Å². The minimum absolute atomic E-state index is 0. The van der Waals surface area contributed by atoms with Gasteiger partial charge in [0.15, 0.2) is 0 Å².